The fraction of sp³-hybridized carbons (Fsp3) is 0.857. The van der Waals surface area contributed by atoms with E-state index in [2.05, 4.69) is 0 Å². The van der Waals surface area contributed by atoms with Crippen molar-refractivity contribution >= 4 is 27.9 Å². The summed E-state index contributed by atoms with van der Waals surface area (Å²) in [4.78, 5) is 10.9. The summed E-state index contributed by atoms with van der Waals surface area (Å²) in [5, 5.41) is 8.57. The van der Waals surface area contributed by atoms with E-state index in [1.807, 2.05) is 0 Å². The van der Waals surface area contributed by atoms with Crippen molar-refractivity contribution in [3.8, 4) is 0 Å². The van der Waals surface area contributed by atoms with Gasteiger partial charge in [0.05, 0.1) is 5.37 Å². The maximum Gasteiger partial charge on any atom is 0.322 e. The Bertz CT molecular complexity index is 354. The summed E-state index contributed by atoms with van der Waals surface area (Å²) in [6.45, 7) is 1.69. The van der Waals surface area contributed by atoms with Gasteiger partial charge in [0.2, 0.25) is 0 Å². The Kier molecular flexibility index (Phi) is 3.64. The third-order valence-electron chi connectivity index (χ3n) is 2.17. The van der Waals surface area contributed by atoms with Crippen molar-refractivity contribution in [3.05, 3.63) is 0 Å². The van der Waals surface area contributed by atoms with Gasteiger partial charge in [-0.05, 0) is 6.92 Å². The highest BCUT2D eigenvalue weighted by molar-refractivity contribution is 8.01. The lowest BCUT2D eigenvalue weighted by molar-refractivity contribution is -0.140. The molecule has 1 fully saturated rings. The van der Waals surface area contributed by atoms with E-state index in [-0.39, 0.29) is 5.37 Å². The van der Waals surface area contributed by atoms with Crippen LogP contribution in [-0.4, -0.2) is 59.4 Å². The highest BCUT2D eigenvalue weighted by atomic mass is 32.2. The highest BCUT2D eigenvalue weighted by Gasteiger charge is 2.44. The van der Waals surface area contributed by atoms with Gasteiger partial charge in [-0.25, -0.2) is 0 Å². The number of hydrogen-bond acceptors (Lipinski definition) is 4. The van der Waals surface area contributed by atoms with Crippen molar-refractivity contribution in [2.75, 3.05) is 19.8 Å². The monoisotopic (exact) mass is 254 g/mol. The van der Waals surface area contributed by atoms with Crippen LogP contribution in [0.3, 0.4) is 0 Å². The Morgan fingerprint density at radius 2 is 2.07 bits per heavy atom. The molecular weight excluding hydrogens is 240 g/mol. The van der Waals surface area contributed by atoms with Crippen LogP contribution < -0.4 is 0 Å². The van der Waals surface area contributed by atoms with Crippen LogP contribution in [0.25, 0.3) is 0 Å². The normalized spacial score (nSPS) is 28.5. The van der Waals surface area contributed by atoms with Crippen molar-refractivity contribution in [1.29, 1.82) is 0 Å². The second-order valence-corrected chi connectivity index (χ2v) is 6.80. The molecule has 1 aliphatic rings. The lowest BCUT2D eigenvalue weighted by Gasteiger charge is -2.27. The maximum absolute atomic E-state index is 11.8. The Morgan fingerprint density at radius 3 is 2.47 bits per heavy atom. The molecule has 0 amide bonds. The Balaban J connectivity index is 3.05. The number of aliphatic carboxylic acids is 1. The Labute approximate surface area is 93.4 Å². The standard InChI is InChI=1S/C7H14N2O4S2/c1-5-9(15(12,13)8(2)3)6(4-14-5)7(10)11/h5-6H,4H2,1-3H3,(H,10,11). The number of carboxylic acid groups (broad SMARTS) is 1. The molecule has 8 heteroatoms. The summed E-state index contributed by atoms with van der Waals surface area (Å²) in [6.07, 6.45) is 0. The van der Waals surface area contributed by atoms with Gasteiger partial charge in [0.25, 0.3) is 10.2 Å². The summed E-state index contributed by atoms with van der Waals surface area (Å²) in [5.41, 5.74) is 0. The number of rotatable bonds is 3. The van der Waals surface area contributed by atoms with E-state index in [1.54, 1.807) is 6.92 Å². The Hall–Kier alpha value is -0.310. The molecule has 1 rings (SSSR count). The largest absolute Gasteiger partial charge is 0.480 e. The van der Waals surface area contributed by atoms with Crippen LogP contribution in [0.1, 0.15) is 6.92 Å². The van der Waals surface area contributed by atoms with Gasteiger partial charge in [-0.2, -0.15) is 17.0 Å². The average Bonchev–Trinajstić information content (AvgIpc) is 2.47. The molecule has 0 aromatic rings. The Morgan fingerprint density at radius 1 is 1.53 bits per heavy atom. The zero-order valence-electron chi connectivity index (χ0n) is 8.74. The number of carboxylic acids is 1. The minimum absolute atomic E-state index is 0.295. The molecule has 88 valence electrons. The first-order valence-corrected chi connectivity index (χ1v) is 6.78. The maximum atomic E-state index is 11.8. The summed E-state index contributed by atoms with van der Waals surface area (Å²) in [6, 6.07) is -0.961. The van der Waals surface area contributed by atoms with E-state index in [9.17, 15) is 13.2 Å². The highest BCUT2D eigenvalue weighted by Crippen LogP contribution is 2.31. The molecule has 1 saturated heterocycles. The van der Waals surface area contributed by atoms with Gasteiger partial charge in [0, 0.05) is 19.8 Å². The molecule has 2 unspecified atom stereocenters. The number of thioether (sulfide) groups is 1. The van der Waals surface area contributed by atoms with Crippen LogP contribution in [0.2, 0.25) is 0 Å². The first-order valence-electron chi connectivity index (χ1n) is 4.34. The molecule has 2 atom stereocenters. The number of carbonyl (C=O) groups is 1. The molecule has 0 spiro atoms. The van der Waals surface area contributed by atoms with Crippen LogP contribution >= 0.6 is 11.8 Å². The van der Waals surface area contributed by atoms with Crippen LogP contribution in [0.5, 0.6) is 0 Å². The molecule has 1 heterocycles. The van der Waals surface area contributed by atoms with Gasteiger partial charge in [-0.15, -0.1) is 11.8 Å². The zero-order valence-corrected chi connectivity index (χ0v) is 10.4. The molecular formula is C7H14N2O4S2. The molecule has 6 nitrogen and oxygen atoms in total. The minimum Gasteiger partial charge on any atom is -0.480 e. The van der Waals surface area contributed by atoms with Crippen LogP contribution in [0, 0.1) is 0 Å². The molecule has 0 radical (unpaired) electrons. The first kappa shape index (κ1) is 12.8. The second-order valence-electron chi connectivity index (χ2n) is 3.41. The van der Waals surface area contributed by atoms with E-state index in [1.165, 1.54) is 25.9 Å². The summed E-state index contributed by atoms with van der Waals surface area (Å²) < 4.78 is 25.7. The predicted molar refractivity (Wildman–Crippen MR) is 57.8 cm³/mol. The predicted octanol–water partition coefficient (Wildman–Crippen LogP) is -0.359. The van der Waals surface area contributed by atoms with Crippen LogP contribution in [0.15, 0.2) is 0 Å². The summed E-state index contributed by atoms with van der Waals surface area (Å²) >= 11 is 1.33. The van der Waals surface area contributed by atoms with Gasteiger partial charge < -0.3 is 5.11 Å². The van der Waals surface area contributed by atoms with Crippen LogP contribution in [0.4, 0.5) is 0 Å². The van der Waals surface area contributed by atoms with Crippen molar-refractivity contribution in [1.82, 2.24) is 8.61 Å². The topological polar surface area (TPSA) is 77.9 Å². The smallest absolute Gasteiger partial charge is 0.322 e. The fourth-order valence-corrected chi connectivity index (χ4v) is 4.25. The quantitative estimate of drug-likeness (QED) is 0.744. The molecule has 0 aliphatic carbocycles. The molecule has 15 heavy (non-hydrogen) atoms. The van der Waals surface area contributed by atoms with Crippen LogP contribution in [-0.2, 0) is 15.0 Å². The van der Waals surface area contributed by atoms with Gasteiger partial charge >= 0.3 is 5.97 Å². The SMILES string of the molecule is CC1SCC(C(=O)O)N1S(=O)(=O)N(C)C. The van der Waals surface area contributed by atoms with E-state index in [0.29, 0.717) is 5.75 Å². The third kappa shape index (κ3) is 2.27. The van der Waals surface area contributed by atoms with Crippen molar-refractivity contribution < 1.29 is 18.3 Å². The van der Waals surface area contributed by atoms with E-state index < -0.39 is 22.2 Å². The summed E-state index contributed by atoms with van der Waals surface area (Å²) in [5.74, 6) is -0.805. The lowest BCUT2D eigenvalue weighted by Crippen LogP contribution is -2.49. The first-order chi connectivity index (χ1) is 6.78. The molecule has 1 aliphatic heterocycles. The van der Waals surface area contributed by atoms with Crippen molar-refractivity contribution in [2.24, 2.45) is 0 Å². The van der Waals surface area contributed by atoms with Gasteiger partial charge in [0.1, 0.15) is 6.04 Å². The minimum atomic E-state index is -3.65. The molecule has 0 bridgehead atoms. The van der Waals surface area contributed by atoms with Gasteiger partial charge in [-0.1, -0.05) is 0 Å². The van der Waals surface area contributed by atoms with E-state index >= 15 is 0 Å². The van der Waals surface area contributed by atoms with E-state index in [0.717, 1.165) is 8.61 Å². The van der Waals surface area contributed by atoms with Gasteiger partial charge in [0.15, 0.2) is 0 Å². The van der Waals surface area contributed by atoms with E-state index in [4.69, 9.17) is 5.11 Å². The molecule has 0 saturated carbocycles. The second kappa shape index (κ2) is 4.28. The molecule has 0 aromatic carbocycles. The number of nitrogens with zero attached hydrogens (tertiary/aromatic N) is 2. The lowest BCUT2D eigenvalue weighted by atomic mass is 10.3. The summed E-state index contributed by atoms with van der Waals surface area (Å²) in [7, 11) is -0.869. The molecule has 0 aromatic heterocycles. The third-order valence-corrected chi connectivity index (χ3v) is 5.55. The fourth-order valence-electron chi connectivity index (χ4n) is 1.35. The number of hydrogen-bond donors (Lipinski definition) is 1. The van der Waals surface area contributed by atoms with Crippen molar-refractivity contribution in [3.63, 3.8) is 0 Å². The van der Waals surface area contributed by atoms with Gasteiger partial charge in [-0.3, -0.25) is 4.79 Å². The average molecular weight is 254 g/mol. The van der Waals surface area contributed by atoms with Crippen molar-refractivity contribution in [2.45, 2.75) is 18.3 Å². The zero-order chi connectivity index (χ0) is 11.8. The molecule has 1 N–H and O–H groups in total.